The maximum Gasteiger partial charge on any atom is 0.246 e. The highest BCUT2D eigenvalue weighted by atomic mass is 32.2. The van der Waals surface area contributed by atoms with E-state index in [0.717, 1.165) is 53.5 Å². The number of aromatic nitrogens is 3. The molecule has 0 bridgehead atoms. The van der Waals surface area contributed by atoms with Gasteiger partial charge in [0.2, 0.25) is 15.0 Å². The third-order valence-corrected chi connectivity index (χ3v) is 5.24. The minimum atomic E-state index is -3.36. The van der Waals surface area contributed by atoms with Gasteiger partial charge in [-0.1, -0.05) is 18.2 Å². The minimum Gasteiger partial charge on any atom is -0.294 e. The summed E-state index contributed by atoms with van der Waals surface area (Å²) in [6.45, 7) is 2.34. The molecule has 0 saturated heterocycles. The van der Waals surface area contributed by atoms with Crippen molar-refractivity contribution in [2.75, 3.05) is 12.8 Å². The molecule has 0 N–H and O–H groups in total. The van der Waals surface area contributed by atoms with Crippen molar-refractivity contribution >= 4 is 20.7 Å². The van der Waals surface area contributed by atoms with Crippen LogP contribution in [0.15, 0.2) is 47.9 Å². The van der Waals surface area contributed by atoms with Gasteiger partial charge in [0.1, 0.15) is 0 Å². The Balaban J connectivity index is 1.54. The van der Waals surface area contributed by atoms with Crippen molar-refractivity contribution in [1.82, 2.24) is 19.9 Å². The summed E-state index contributed by atoms with van der Waals surface area (Å²) in [5.41, 5.74) is 3.99. The first-order valence-corrected chi connectivity index (χ1v) is 9.99. The number of nitrogens with zero attached hydrogens (tertiary/aromatic N) is 4. The predicted molar refractivity (Wildman–Crippen MR) is 94.7 cm³/mol. The van der Waals surface area contributed by atoms with E-state index in [-0.39, 0.29) is 5.16 Å². The third-order valence-electron chi connectivity index (χ3n) is 4.38. The third kappa shape index (κ3) is 3.38. The van der Waals surface area contributed by atoms with E-state index in [1.165, 1.54) is 0 Å². The van der Waals surface area contributed by atoms with Crippen LogP contribution in [0.25, 0.3) is 10.9 Å². The second-order valence-corrected chi connectivity index (χ2v) is 8.30. The molecule has 0 spiro atoms. The summed E-state index contributed by atoms with van der Waals surface area (Å²) in [6.07, 6.45) is 5.42. The fourth-order valence-corrected chi connectivity index (χ4v) is 3.65. The molecule has 25 heavy (non-hydrogen) atoms. The topological polar surface area (TPSA) is 76.1 Å². The van der Waals surface area contributed by atoms with Crippen molar-refractivity contribution in [2.45, 2.75) is 24.7 Å². The highest BCUT2D eigenvalue weighted by Crippen LogP contribution is 2.20. The molecule has 3 heterocycles. The molecule has 0 aliphatic carbocycles. The van der Waals surface area contributed by atoms with E-state index in [0.29, 0.717) is 6.54 Å². The summed E-state index contributed by atoms with van der Waals surface area (Å²) in [6, 6.07) is 10.2. The van der Waals surface area contributed by atoms with Crippen LogP contribution >= 0.6 is 0 Å². The molecule has 4 rings (SSSR count). The first kappa shape index (κ1) is 16.1. The summed E-state index contributed by atoms with van der Waals surface area (Å²) < 4.78 is 23.2. The maximum atomic E-state index is 11.6. The first-order valence-electron chi connectivity index (χ1n) is 8.10. The molecule has 0 atom stereocenters. The highest BCUT2D eigenvalue weighted by molar-refractivity contribution is 7.90. The van der Waals surface area contributed by atoms with Crippen molar-refractivity contribution in [2.24, 2.45) is 0 Å². The van der Waals surface area contributed by atoms with Crippen LogP contribution in [0.1, 0.15) is 16.8 Å². The van der Waals surface area contributed by atoms with Crippen LogP contribution < -0.4 is 0 Å². The fourth-order valence-electron chi connectivity index (χ4n) is 3.13. The second-order valence-electron chi connectivity index (χ2n) is 6.39. The van der Waals surface area contributed by atoms with Crippen molar-refractivity contribution in [3.8, 4) is 0 Å². The Hall–Kier alpha value is -2.38. The molecule has 1 aromatic carbocycles. The lowest BCUT2D eigenvalue weighted by Crippen LogP contribution is -2.31. The molecular weight excluding hydrogens is 336 g/mol. The van der Waals surface area contributed by atoms with E-state index in [1.807, 2.05) is 24.4 Å². The normalized spacial score (nSPS) is 15.2. The van der Waals surface area contributed by atoms with Gasteiger partial charge >= 0.3 is 0 Å². The second kappa shape index (κ2) is 6.16. The van der Waals surface area contributed by atoms with Crippen molar-refractivity contribution in [1.29, 1.82) is 0 Å². The van der Waals surface area contributed by atoms with Crippen LogP contribution in [0.2, 0.25) is 0 Å². The van der Waals surface area contributed by atoms with Gasteiger partial charge in [0.15, 0.2) is 0 Å². The predicted octanol–water partition coefficient (Wildman–Crippen LogP) is 1.99. The van der Waals surface area contributed by atoms with Gasteiger partial charge in [-0.3, -0.25) is 9.88 Å². The average molecular weight is 354 g/mol. The van der Waals surface area contributed by atoms with E-state index in [9.17, 15) is 8.42 Å². The van der Waals surface area contributed by atoms with Gasteiger partial charge in [0.25, 0.3) is 0 Å². The summed E-state index contributed by atoms with van der Waals surface area (Å²) in [5, 5.41) is 1.05. The number of pyridine rings is 1. The lowest BCUT2D eigenvalue weighted by atomic mass is 10.1. The molecule has 7 heteroatoms. The Morgan fingerprint density at radius 1 is 1.16 bits per heavy atom. The number of benzene rings is 1. The Kier molecular flexibility index (Phi) is 3.97. The molecule has 0 radical (unpaired) electrons. The van der Waals surface area contributed by atoms with Gasteiger partial charge in [0, 0.05) is 55.7 Å². The Morgan fingerprint density at radius 2 is 2.00 bits per heavy atom. The zero-order chi connectivity index (χ0) is 17.4. The molecule has 0 fully saturated rings. The standard InChI is InChI=1S/C18H18N4O2S/c1-25(23,24)18-20-10-15-12-22(7-6-17(15)21-18)11-13-8-14-4-2-3-5-16(14)19-9-13/h2-5,8-10H,6-7,11-12H2,1H3. The molecule has 128 valence electrons. The van der Waals surface area contributed by atoms with Crippen LogP contribution in [0.4, 0.5) is 0 Å². The molecule has 6 nitrogen and oxygen atoms in total. The molecule has 1 aliphatic rings. The molecule has 3 aromatic rings. The lowest BCUT2D eigenvalue weighted by molar-refractivity contribution is 0.242. The van der Waals surface area contributed by atoms with Crippen LogP contribution in [0.3, 0.4) is 0 Å². The summed E-state index contributed by atoms with van der Waals surface area (Å²) >= 11 is 0. The molecule has 0 amide bonds. The molecule has 0 saturated carbocycles. The van der Waals surface area contributed by atoms with Crippen LogP contribution in [0.5, 0.6) is 0 Å². The largest absolute Gasteiger partial charge is 0.294 e. The molecule has 2 aromatic heterocycles. The van der Waals surface area contributed by atoms with E-state index >= 15 is 0 Å². The first-order chi connectivity index (χ1) is 12.0. The van der Waals surface area contributed by atoms with Crippen molar-refractivity contribution < 1.29 is 8.42 Å². The highest BCUT2D eigenvalue weighted by Gasteiger charge is 2.21. The zero-order valence-corrected chi connectivity index (χ0v) is 14.7. The zero-order valence-electron chi connectivity index (χ0n) is 13.9. The minimum absolute atomic E-state index is 0.0848. The van der Waals surface area contributed by atoms with Gasteiger partial charge in [-0.05, 0) is 17.7 Å². The van der Waals surface area contributed by atoms with Crippen LogP contribution in [-0.4, -0.2) is 41.1 Å². The summed E-state index contributed by atoms with van der Waals surface area (Å²) in [5.74, 6) is 0. The van der Waals surface area contributed by atoms with E-state index < -0.39 is 9.84 Å². The smallest absolute Gasteiger partial charge is 0.246 e. The Labute approximate surface area is 146 Å². The number of hydrogen-bond donors (Lipinski definition) is 0. The monoisotopic (exact) mass is 354 g/mol. The van der Waals surface area contributed by atoms with E-state index in [4.69, 9.17) is 0 Å². The van der Waals surface area contributed by atoms with E-state index in [1.54, 1.807) is 6.20 Å². The number of rotatable bonds is 3. The van der Waals surface area contributed by atoms with Crippen LogP contribution in [-0.2, 0) is 29.3 Å². The van der Waals surface area contributed by atoms with Crippen molar-refractivity contribution in [3.63, 3.8) is 0 Å². The SMILES string of the molecule is CS(=O)(=O)c1ncc2c(n1)CCN(Cc1cnc3ccccc3c1)C2. The summed E-state index contributed by atoms with van der Waals surface area (Å²) in [7, 11) is -3.36. The Bertz CT molecular complexity index is 1050. The number of sulfone groups is 1. The fraction of sp³-hybridized carbons (Fsp3) is 0.278. The molecule has 0 unspecified atom stereocenters. The number of hydrogen-bond acceptors (Lipinski definition) is 6. The maximum absolute atomic E-state index is 11.6. The van der Waals surface area contributed by atoms with Gasteiger partial charge in [-0.2, -0.15) is 0 Å². The van der Waals surface area contributed by atoms with Gasteiger partial charge in [-0.15, -0.1) is 0 Å². The lowest BCUT2D eigenvalue weighted by Gasteiger charge is -2.27. The molecule has 1 aliphatic heterocycles. The summed E-state index contributed by atoms with van der Waals surface area (Å²) in [4.78, 5) is 15.1. The van der Waals surface area contributed by atoms with Gasteiger partial charge in [-0.25, -0.2) is 18.4 Å². The van der Waals surface area contributed by atoms with Gasteiger partial charge in [0.05, 0.1) is 11.2 Å². The van der Waals surface area contributed by atoms with E-state index in [2.05, 4.69) is 32.0 Å². The van der Waals surface area contributed by atoms with Gasteiger partial charge < -0.3 is 0 Å². The van der Waals surface area contributed by atoms with Crippen molar-refractivity contribution in [3.05, 3.63) is 59.5 Å². The number of fused-ring (bicyclic) bond motifs is 2. The average Bonchev–Trinajstić information content (AvgIpc) is 2.60. The van der Waals surface area contributed by atoms with Crippen LogP contribution in [0, 0.1) is 0 Å². The number of para-hydroxylation sites is 1. The molecular formula is C18H18N4O2S. The Morgan fingerprint density at radius 3 is 2.84 bits per heavy atom. The quantitative estimate of drug-likeness (QED) is 0.670.